The van der Waals surface area contributed by atoms with Gasteiger partial charge in [-0.05, 0) is 12.3 Å². The summed E-state index contributed by atoms with van der Waals surface area (Å²) in [4.78, 5) is 10.0. The average Bonchev–Trinajstić information content (AvgIpc) is 2.93. The third kappa shape index (κ3) is 6.80. The SMILES string of the molecule is O=CCCCCCCCCC1CC1. The van der Waals surface area contributed by atoms with Crippen LogP contribution in [0.25, 0.3) is 0 Å². The maximum absolute atomic E-state index is 10.0. The Morgan fingerprint density at radius 1 is 0.923 bits per heavy atom. The molecule has 0 aromatic heterocycles. The molecule has 0 bridgehead atoms. The zero-order chi connectivity index (χ0) is 9.36. The Hall–Kier alpha value is -0.330. The molecule has 0 amide bonds. The van der Waals surface area contributed by atoms with E-state index in [1.165, 1.54) is 51.4 Å². The quantitative estimate of drug-likeness (QED) is 0.392. The fraction of sp³-hybridized carbons (Fsp3) is 0.917. The minimum atomic E-state index is 0.766. The molecule has 0 aromatic carbocycles. The summed E-state index contributed by atoms with van der Waals surface area (Å²) in [7, 11) is 0. The molecule has 1 aliphatic rings. The van der Waals surface area contributed by atoms with Crippen molar-refractivity contribution in [2.75, 3.05) is 0 Å². The first-order valence-electron chi connectivity index (χ1n) is 5.87. The van der Waals surface area contributed by atoms with Crippen molar-refractivity contribution in [3.8, 4) is 0 Å². The highest BCUT2D eigenvalue weighted by Crippen LogP contribution is 2.34. The van der Waals surface area contributed by atoms with E-state index in [2.05, 4.69) is 0 Å². The molecule has 0 aliphatic heterocycles. The van der Waals surface area contributed by atoms with Crippen molar-refractivity contribution in [2.24, 2.45) is 5.92 Å². The van der Waals surface area contributed by atoms with E-state index in [9.17, 15) is 4.79 Å². The highest BCUT2D eigenvalue weighted by Gasteiger charge is 2.19. The van der Waals surface area contributed by atoms with Gasteiger partial charge in [0.1, 0.15) is 6.29 Å². The molecular formula is C12H22O. The number of carbonyl (C=O) groups excluding carboxylic acids is 1. The highest BCUT2D eigenvalue weighted by molar-refractivity contribution is 5.48. The Morgan fingerprint density at radius 3 is 2.15 bits per heavy atom. The van der Waals surface area contributed by atoms with Crippen molar-refractivity contribution in [3.05, 3.63) is 0 Å². The molecule has 0 saturated heterocycles. The Labute approximate surface area is 81.9 Å². The summed E-state index contributed by atoms with van der Waals surface area (Å²) in [6, 6.07) is 0. The van der Waals surface area contributed by atoms with Gasteiger partial charge < -0.3 is 4.79 Å². The van der Waals surface area contributed by atoms with E-state index in [-0.39, 0.29) is 0 Å². The maximum Gasteiger partial charge on any atom is 0.119 e. The van der Waals surface area contributed by atoms with Gasteiger partial charge in [0, 0.05) is 6.42 Å². The summed E-state index contributed by atoms with van der Waals surface area (Å²) in [5.41, 5.74) is 0. The number of unbranched alkanes of at least 4 members (excludes halogenated alkanes) is 6. The normalized spacial score (nSPS) is 16.0. The van der Waals surface area contributed by atoms with Crippen LogP contribution in [0.4, 0.5) is 0 Å². The molecule has 1 heteroatoms. The third-order valence-electron chi connectivity index (χ3n) is 2.88. The van der Waals surface area contributed by atoms with E-state index in [1.54, 1.807) is 0 Å². The van der Waals surface area contributed by atoms with Crippen molar-refractivity contribution in [3.63, 3.8) is 0 Å². The van der Waals surface area contributed by atoms with Crippen LogP contribution in [-0.4, -0.2) is 6.29 Å². The summed E-state index contributed by atoms with van der Waals surface area (Å²) < 4.78 is 0. The Bertz CT molecular complexity index is 127. The van der Waals surface area contributed by atoms with Crippen molar-refractivity contribution in [1.82, 2.24) is 0 Å². The molecule has 1 saturated carbocycles. The van der Waals surface area contributed by atoms with E-state index in [0.29, 0.717) is 0 Å². The number of carbonyl (C=O) groups is 1. The smallest absolute Gasteiger partial charge is 0.119 e. The minimum absolute atomic E-state index is 0.766. The first kappa shape index (κ1) is 10.7. The van der Waals surface area contributed by atoms with Gasteiger partial charge in [-0.2, -0.15) is 0 Å². The van der Waals surface area contributed by atoms with Crippen LogP contribution in [0.2, 0.25) is 0 Å². The second kappa shape index (κ2) is 7.11. The highest BCUT2D eigenvalue weighted by atomic mass is 16.1. The van der Waals surface area contributed by atoms with E-state index < -0.39 is 0 Å². The molecule has 0 spiro atoms. The fourth-order valence-electron chi connectivity index (χ4n) is 1.77. The van der Waals surface area contributed by atoms with Gasteiger partial charge in [-0.25, -0.2) is 0 Å². The topological polar surface area (TPSA) is 17.1 Å². The van der Waals surface area contributed by atoms with Gasteiger partial charge in [0.25, 0.3) is 0 Å². The Balaban J connectivity index is 1.65. The molecule has 13 heavy (non-hydrogen) atoms. The molecule has 1 rings (SSSR count). The van der Waals surface area contributed by atoms with Crippen LogP contribution in [0.15, 0.2) is 0 Å². The largest absolute Gasteiger partial charge is 0.303 e. The molecule has 76 valence electrons. The van der Waals surface area contributed by atoms with Crippen LogP contribution in [0.5, 0.6) is 0 Å². The first-order chi connectivity index (χ1) is 6.43. The van der Waals surface area contributed by atoms with Gasteiger partial charge in [0.2, 0.25) is 0 Å². The van der Waals surface area contributed by atoms with Crippen LogP contribution >= 0.6 is 0 Å². The fourth-order valence-corrected chi connectivity index (χ4v) is 1.77. The van der Waals surface area contributed by atoms with Crippen LogP contribution in [0, 0.1) is 5.92 Å². The summed E-state index contributed by atoms with van der Waals surface area (Å²) in [5, 5.41) is 0. The number of rotatable bonds is 9. The maximum atomic E-state index is 10.0. The van der Waals surface area contributed by atoms with E-state index in [1.807, 2.05) is 0 Å². The van der Waals surface area contributed by atoms with Crippen LogP contribution in [0.1, 0.15) is 64.2 Å². The van der Waals surface area contributed by atoms with Crippen molar-refractivity contribution >= 4 is 6.29 Å². The molecule has 0 aromatic rings. The molecule has 0 unspecified atom stereocenters. The molecule has 0 N–H and O–H groups in total. The van der Waals surface area contributed by atoms with E-state index in [4.69, 9.17) is 0 Å². The van der Waals surface area contributed by atoms with E-state index >= 15 is 0 Å². The first-order valence-corrected chi connectivity index (χ1v) is 5.87. The minimum Gasteiger partial charge on any atom is -0.303 e. The molecule has 0 heterocycles. The lowest BCUT2D eigenvalue weighted by Crippen LogP contribution is -1.82. The number of hydrogen-bond donors (Lipinski definition) is 0. The van der Waals surface area contributed by atoms with Gasteiger partial charge in [-0.3, -0.25) is 0 Å². The lowest BCUT2D eigenvalue weighted by molar-refractivity contribution is -0.107. The monoisotopic (exact) mass is 182 g/mol. The van der Waals surface area contributed by atoms with Crippen molar-refractivity contribution < 1.29 is 4.79 Å². The molecular weight excluding hydrogens is 160 g/mol. The van der Waals surface area contributed by atoms with Crippen molar-refractivity contribution in [1.29, 1.82) is 0 Å². The van der Waals surface area contributed by atoms with E-state index in [0.717, 1.165) is 25.0 Å². The third-order valence-corrected chi connectivity index (χ3v) is 2.88. The van der Waals surface area contributed by atoms with Gasteiger partial charge in [0.05, 0.1) is 0 Å². The zero-order valence-electron chi connectivity index (χ0n) is 8.63. The summed E-state index contributed by atoms with van der Waals surface area (Å²) >= 11 is 0. The average molecular weight is 182 g/mol. The lowest BCUT2D eigenvalue weighted by atomic mass is 10.1. The predicted octanol–water partition coefficient (Wildman–Crippen LogP) is 3.72. The second-order valence-corrected chi connectivity index (χ2v) is 4.31. The summed E-state index contributed by atoms with van der Waals surface area (Å²) in [6.45, 7) is 0. The van der Waals surface area contributed by atoms with Crippen molar-refractivity contribution in [2.45, 2.75) is 64.2 Å². The Kier molecular flexibility index (Phi) is 5.88. The number of aldehydes is 1. The summed E-state index contributed by atoms with van der Waals surface area (Å²) in [6.07, 6.45) is 14.2. The van der Waals surface area contributed by atoms with Crippen LogP contribution < -0.4 is 0 Å². The zero-order valence-corrected chi connectivity index (χ0v) is 8.63. The van der Waals surface area contributed by atoms with Gasteiger partial charge >= 0.3 is 0 Å². The molecule has 0 atom stereocenters. The molecule has 0 radical (unpaired) electrons. The molecule has 1 nitrogen and oxygen atoms in total. The van der Waals surface area contributed by atoms with Crippen LogP contribution in [-0.2, 0) is 4.79 Å². The van der Waals surface area contributed by atoms with Gasteiger partial charge in [-0.15, -0.1) is 0 Å². The summed E-state index contributed by atoms with van der Waals surface area (Å²) in [5.74, 6) is 1.11. The van der Waals surface area contributed by atoms with Gasteiger partial charge in [-0.1, -0.05) is 51.4 Å². The number of hydrogen-bond acceptors (Lipinski definition) is 1. The molecule has 1 aliphatic carbocycles. The standard InChI is InChI=1S/C12H22O/c13-11-7-5-3-1-2-4-6-8-12-9-10-12/h11-12H,1-10H2. The molecule has 1 fully saturated rings. The Morgan fingerprint density at radius 2 is 1.54 bits per heavy atom. The van der Waals surface area contributed by atoms with Gasteiger partial charge in [0.15, 0.2) is 0 Å². The predicted molar refractivity (Wildman–Crippen MR) is 55.7 cm³/mol. The van der Waals surface area contributed by atoms with Crippen LogP contribution in [0.3, 0.4) is 0 Å². The lowest BCUT2D eigenvalue weighted by Gasteiger charge is -1.99. The second-order valence-electron chi connectivity index (χ2n) is 4.31.